The second-order valence-corrected chi connectivity index (χ2v) is 6.46. The van der Waals surface area contributed by atoms with E-state index in [0.29, 0.717) is 0 Å². The van der Waals surface area contributed by atoms with Crippen molar-refractivity contribution in [2.45, 2.75) is 44.9 Å². The minimum Gasteiger partial charge on any atom is -0.348 e. The van der Waals surface area contributed by atoms with Crippen LogP contribution in [0.15, 0.2) is 60.7 Å². The van der Waals surface area contributed by atoms with Gasteiger partial charge in [0.05, 0.1) is 12.0 Å². The third-order valence-electron chi connectivity index (χ3n) is 4.10. The van der Waals surface area contributed by atoms with Gasteiger partial charge >= 0.3 is 0 Å². The monoisotopic (exact) mass is 350 g/mol. The highest BCUT2D eigenvalue weighted by Gasteiger charge is 2.23. The fourth-order valence-corrected chi connectivity index (χ4v) is 2.66. The van der Waals surface area contributed by atoms with Crippen LogP contribution >= 0.6 is 0 Å². The van der Waals surface area contributed by atoms with Crippen molar-refractivity contribution in [1.29, 1.82) is 5.26 Å². The number of hydrogen-bond acceptors (Lipinski definition) is 2. The average Bonchev–Trinajstić information content (AvgIpc) is 2.68. The summed E-state index contributed by atoms with van der Waals surface area (Å²) in [4.78, 5) is 14.0. The summed E-state index contributed by atoms with van der Waals surface area (Å²) in [5, 5.41) is 8.12. The van der Waals surface area contributed by atoms with Crippen molar-refractivity contribution in [3.8, 4) is 6.07 Å². The van der Waals surface area contributed by atoms with E-state index in [9.17, 15) is 4.79 Å². The first kappa shape index (κ1) is 21.4. The van der Waals surface area contributed by atoms with Crippen LogP contribution < -0.4 is 0 Å². The first-order valence-corrected chi connectivity index (χ1v) is 9.29. The summed E-state index contributed by atoms with van der Waals surface area (Å²) >= 11 is 0. The summed E-state index contributed by atoms with van der Waals surface area (Å²) < 4.78 is 0. The van der Waals surface area contributed by atoms with Crippen LogP contribution in [0.2, 0.25) is 0 Å². The summed E-state index contributed by atoms with van der Waals surface area (Å²) in [6, 6.07) is 21.9. The zero-order valence-electron chi connectivity index (χ0n) is 16.2. The van der Waals surface area contributed by atoms with Crippen LogP contribution in [0.25, 0.3) is 0 Å². The summed E-state index contributed by atoms with van der Waals surface area (Å²) in [5.41, 5.74) is 2.06. The van der Waals surface area contributed by atoms with Gasteiger partial charge in [-0.05, 0) is 17.5 Å². The predicted octanol–water partition coefficient (Wildman–Crippen LogP) is 5.39. The number of likely N-dealkylation sites (N-methyl/N-ethyl adjacent to an activating group) is 1. The minimum atomic E-state index is -0.220. The summed E-state index contributed by atoms with van der Waals surface area (Å²) in [7, 11) is 3.59. The maximum atomic E-state index is 12.4. The Kier molecular flexibility index (Phi) is 10.5. The van der Waals surface area contributed by atoms with Gasteiger partial charge in [-0.15, -0.1) is 0 Å². The van der Waals surface area contributed by atoms with Gasteiger partial charge in [0, 0.05) is 20.5 Å². The molecule has 0 aliphatic rings. The number of rotatable bonds is 7. The lowest BCUT2D eigenvalue weighted by atomic mass is 9.90. The van der Waals surface area contributed by atoms with Crippen molar-refractivity contribution >= 4 is 5.91 Å². The number of carbonyl (C=O) groups excluding carboxylic acids is 1. The molecule has 3 nitrogen and oxygen atoms in total. The predicted molar refractivity (Wildman–Crippen MR) is 108 cm³/mol. The molecule has 0 radical (unpaired) electrons. The SMILES string of the molecule is CCCCCCC#N.CN(C)C(=O)C(c1ccccc1)c1ccccc1. The number of nitrogens with zero attached hydrogens (tertiary/aromatic N) is 2. The van der Waals surface area contributed by atoms with E-state index in [-0.39, 0.29) is 11.8 Å². The fraction of sp³-hybridized carbons (Fsp3) is 0.391. The Bertz CT molecular complexity index is 620. The third kappa shape index (κ3) is 7.53. The summed E-state index contributed by atoms with van der Waals surface area (Å²) in [5.74, 6) is -0.116. The lowest BCUT2D eigenvalue weighted by Gasteiger charge is -2.21. The van der Waals surface area contributed by atoms with Crippen LogP contribution in [0.5, 0.6) is 0 Å². The number of unbranched alkanes of at least 4 members (excludes halogenated alkanes) is 4. The van der Waals surface area contributed by atoms with E-state index < -0.39 is 0 Å². The molecule has 138 valence electrons. The van der Waals surface area contributed by atoms with Crippen LogP contribution in [0.4, 0.5) is 0 Å². The van der Waals surface area contributed by atoms with Crippen LogP contribution in [0, 0.1) is 11.3 Å². The highest BCUT2D eigenvalue weighted by molar-refractivity contribution is 5.86. The number of nitriles is 1. The number of benzene rings is 2. The number of hydrogen-bond donors (Lipinski definition) is 0. The Hall–Kier alpha value is -2.60. The van der Waals surface area contributed by atoms with E-state index in [1.165, 1.54) is 19.3 Å². The smallest absolute Gasteiger partial charge is 0.234 e. The Balaban J connectivity index is 0.000000359. The van der Waals surface area contributed by atoms with Crippen molar-refractivity contribution in [3.63, 3.8) is 0 Å². The van der Waals surface area contributed by atoms with Crippen molar-refractivity contribution < 1.29 is 4.79 Å². The molecule has 2 aromatic carbocycles. The van der Waals surface area contributed by atoms with Crippen molar-refractivity contribution in [1.82, 2.24) is 4.90 Å². The molecule has 0 unspecified atom stereocenters. The van der Waals surface area contributed by atoms with Crippen LogP contribution in [0.1, 0.15) is 56.1 Å². The van der Waals surface area contributed by atoms with Crippen LogP contribution in [-0.2, 0) is 4.79 Å². The van der Waals surface area contributed by atoms with E-state index in [4.69, 9.17) is 5.26 Å². The highest BCUT2D eigenvalue weighted by Crippen LogP contribution is 2.25. The van der Waals surface area contributed by atoms with E-state index in [2.05, 4.69) is 13.0 Å². The zero-order valence-corrected chi connectivity index (χ0v) is 16.2. The molecule has 0 N–H and O–H groups in total. The van der Waals surface area contributed by atoms with E-state index in [1.54, 1.807) is 19.0 Å². The maximum absolute atomic E-state index is 12.4. The van der Waals surface area contributed by atoms with Crippen molar-refractivity contribution in [2.24, 2.45) is 0 Å². The van der Waals surface area contributed by atoms with E-state index >= 15 is 0 Å². The topological polar surface area (TPSA) is 44.1 Å². The normalized spacial score (nSPS) is 9.81. The molecule has 2 rings (SSSR count). The van der Waals surface area contributed by atoms with Crippen molar-refractivity contribution in [2.75, 3.05) is 14.1 Å². The molecule has 0 aromatic heterocycles. The van der Waals surface area contributed by atoms with Gasteiger partial charge < -0.3 is 4.90 Å². The summed E-state index contributed by atoms with van der Waals surface area (Å²) in [6.45, 7) is 2.17. The molecule has 0 spiro atoms. The molecule has 0 bridgehead atoms. The first-order valence-electron chi connectivity index (χ1n) is 9.29. The Morgan fingerprint density at radius 1 is 0.923 bits per heavy atom. The molecular weight excluding hydrogens is 320 g/mol. The van der Waals surface area contributed by atoms with Gasteiger partial charge in [0.1, 0.15) is 0 Å². The highest BCUT2D eigenvalue weighted by atomic mass is 16.2. The third-order valence-corrected chi connectivity index (χ3v) is 4.10. The first-order chi connectivity index (χ1) is 12.6. The average molecular weight is 351 g/mol. The van der Waals surface area contributed by atoms with E-state index in [0.717, 1.165) is 24.0 Å². The molecule has 2 aromatic rings. The Morgan fingerprint density at radius 2 is 1.42 bits per heavy atom. The Morgan fingerprint density at radius 3 is 1.81 bits per heavy atom. The largest absolute Gasteiger partial charge is 0.348 e. The molecule has 0 saturated heterocycles. The molecule has 1 amide bonds. The lowest BCUT2D eigenvalue weighted by molar-refractivity contribution is -0.129. The number of carbonyl (C=O) groups is 1. The standard InChI is InChI=1S/C16H17NO.C7H13N/c1-17(2)16(18)15(13-9-5-3-6-10-13)14-11-7-4-8-12-14;1-2-3-4-5-6-7-8/h3-12,15H,1-2H3;2-6H2,1H3. The van der Waals surface area contributed by atoms with Gasteiger partial charge in [-0.3, -0.25) is 4.79 Å². The molecular formula is C23H30N2O. The van der Waals surface area contributed by atoms with Gasteiger partial charge in [0.15, 0.2) is 0 Å². The molecule has 0 saturated carbocycles. The molecule has 26 heavy (non-hydrogen) atoms. The molecule has 0 atom stereocenters. The van der Waals surface area contributed by atoms with Gasteiger partial charge in [-0.1, -0.05) is 86.8 Å². The second-order valence-electron chi connectivity index (χ2n) is 6.46. The van der Waals surface area contributed by atoms with Gasteiger partial charge in [-0.2, -0.15) is 5.26 Å². The lowest BCUT2D eigenvalue weighted by Crippen LogP contribution is -2.28. The number of amides is 1. The van der Waals surface area contributed by atoms with Crippen LogP contribution in [0.3, 0.4) is 0 Å². The quantitative estimate of drug-likeness (QED) is 0.629. The Labute approximate surface area is 158 Å². The molecule has 0 aliphatic heterocycles. The van der Waals surface area contributed by atoms with Crippen molar-refractivity contribution in [3.05, 3.63) is 71.8 Å². The summed E-state index contributed by atoms with van der Waals surface area (Å²) in [6.07, 6.45) is 5.58. The molecule has 0 aliphatic carbocycles. The molecule has 3 heteroatoms. The zero-order chi connectivity index (χ0) is 19.2. The maximum Gasteiger partial charge on any atom is 0.234 e. The van der Waals surface area contributed by atoms with Gasteiger partial charge in [0.25, 0.3) is 0 Å². The molecule has 0 fully saturated rings. The fourth-order valence-electron chi connectivity index (χ4n) is 2.66. The van der Waals surface area contributed by atoms with E-state index in [1.807, 2.05) is 60.7 Å². The second kappa shape index (κ2) is 12.7. The van der Waals surface area contributed by atoms with Gasteiger partial charge in [0.2, 0.25) is 5.91 Å². The molecule has 0 heterocycles. The van der Waals surface area contributed by atoms with Crippen LogP contribution in [-0.4, -0.2) is 24.9 Å². The van der Waals surface area contributed by atoms with Gasteiger partial charge in [-0.25, -0.2) is 0 Å². The minimum absolute atomic E-state index is 0.104.